The Morgan fingerprint density at radius 1 is 0.850 bits per heavy atom. The number of nitrogens with one attached hydrogen (secondary N) is 1. The van der Waals surface area contributed by atoms with E-state index in [0.717, 1.165) is 31.7 Å². The van der Waals surface area contributed by atoms with E-state index >= 15 is 0 Å². The van der Waals surface area contributed by atoms with Crippen LogP contribution in [0.3, 0.4) is 0 Å². The number of hydrogen-bond donors (Lipinski definition) is 1. The van der Waals surface area contributed by atoms with E-state index in [1.165, 1.54) is 17.5 Å². The lowest BCUT2D eigenvalue weighted by molar-refractivity contribution is 0.188. The standard InChI is InChI=1S/C18H21NO/c1-2-7-15(8-3-1)17-10-4-5-11-18(17)20-16-9-6-13-19-14-12-16/h1-5,7-8,10-11,16,19H,6,9,12-14H2. The SMILES string of the molecule is c1ccc(-c2ccccc2OC2CCCNCC2)cc1. The molecule has 3 rings (SSSR count). The van der Waals surface area contributed by atoms with Gasteiger partial charge in [-0.15, -0.1) is 0 Å². The maximum absolute atomic E-state index is 6.28. The van der Waals surface area contributed by atoms with E-state index in [4.69, 9.17) is 4.74 Å². The summed E-state index contributed by atoms with van der Waals surface area (Å²) >= 11 is 0. The van der Waals surface area contributed by atoms with Gasteiger partial charge in [0.1, 0.15) is 5.75 Å². The first-order valence-corrected chi connectivity index (χ1v) is 7.45. The van der Waals surface area contributed by atoms with E-state index in [0.29, 0.717) is 6.10 Å². The van der Waals surface area contributed by atoms with Crippen LogP contribution < -0.4 is 10.1 Å². The van der Waals surface area contributed by atoms with Crippen molar-refractivity contribution in [2.75, 3.05) is 13.1 Å². The maximum atomic E-state index is 6.28. The summed E-state index contributed by atoms with van der Waals surface area (Å²) in [6.07, 6.45) is 3.74. The third kappa shape index (κ3) is 3.20. The summed E-state index contributed by atoms with van der Waals surface area (Å²) in [5.41, 5.74) is 2.40. The quantitative estimate of drug-likeness (QED) is 0.911. The summed E-state index contributed by atoms with van der Waals surface area (Å²) in [7, 11) is 0. The predicted molar refractivity (Wildman–Crippen MR) is 83.0 cm³/mol. The molecule has 2 nitrogen and oxygen atoms in total. The molecule has 1 saturated heterocycles. The molecule has 0 aliphatic carbocycles. The van der Waals surface area contributed by atoms with Crippen LogP contribution >= 0.6 is 0 Å². The molecule has 1 fully saturated rings. The summed E-state index contributed by atoms with van der Waals surface area (Å²) in [6.45, 7) is 2.17. The van der Waals surface area contributed by atoms with Gasteiger partial charge in [0.05, 0.1) is 6.10 Å². The van der Waals surface area contributed by atoms with Crippen molar-refractivity contribution < 1.29 is 4.74 Å². The fourth-order valence-electron chi connectivity index (χ4n) is 2.71. The summed E-state index contributed by atoms with van der Waals surface area (Å²) in [4.78, 5) is 0. The molecule has 0 radical (unpaired) electrons. The van der Waals surface area contributed by atoms with Crippen molar-refractivity contribution in [3.05, 3.63) is 54.6 Å². The molecule has 0 amide bonds. The fraction of sp³-hybridized carbons (Fsp3) is 0.333. The molecule has 0 spiro atoms. The van der Waals surface area contributed by atoms with Gasteiger partial charge in [-0.05, 0) is 44.0 Å². The van der Waals surface area contributed by atoms with Crippen molar-refractivity contribution in [3.8, 4) is 16.9 Å². The normalized spacial score (nSPS) is 19.3. The molecule has 1 aliphatic heterocycles. The maximum Gasteiger partial charge on any atom is 0.127 e. The van der Waals surface area contributed by atoms with E-state index in [1.807, 2.05) is 6.07 Å². The van der Waals surface area contributed by atoms with Crippen molar-refractivity contribution in [1.29, 1.82) is 0 Å². The zero-order valence-electron chi connectivity index (χ0n) is 11.7. The van der Waals surface area contributed by atoms with Gasteiger partial charge in [-0.3, -0.25) is 0 Å². The predicted octanol–water partition coefficient (Wildman–Crippen LogP) is 3.87. The molecule has 20 heavy (non-hydrogen) atoms. The largest absolute Gasteiger partial charge is 0.490 e. The Labute approximate surface area is 120 Å². The molecule has 2 heteroatoms. The van der Waals surface area contributed by atoms with Gasteiger partial charge in [0.15, 0.2) is 0 Å². The van der Waals surface area contributed by atoms with E-state index in [9.17, 15) is 0 Å². The van der Waals surface area contributed by atoms with Crippen LogP contribution in [0.5, 0.6) is 5.75 Å². The third-order valence-electron chi connectivity index (χ3n) is 3.79. The Kier molecular flexibility index (Phi) is 4.34. The third-order valence-corrected chi connectivity index (χ3v) is 3.79. The number of hydrogen-bond acceptors (Lipinski definition) is 2. The van der Waals surface area contributed by atoms with Gasteiger partial charge in [-0.2, -0.15) is 0 Å². The zero-order valence-corrected chi connectivity index (χ0v) is 11.7. The van der Waals surface area contributed by atoms with Crippen LogP contribution in [-0.4, -0.2) is 19.2 Å². The van der Waals surface area contributed by atoms with Gasteiger partial charge >= 0.3 is 0 Å². The lowest BCUT2D eigenvalue weighted by atomic mass is 10.0. The van der Waals surface area contributed by atoms with Gasteiger partial charge in [-0.1, -0.05) is 48.5 Å². The van der Waals surface area contributed by atoms with Crippen molar-refractivity contribution in [2.24, 2.45) is 0 Å². The Hall–Kier alpha value is -1.80. The minimum atomic E-state index is 0.329. The van der Waals surface area contributed by atoms with E-state index in [-0.39, 0.29) is 0 Å². The highest BCUT2D eigenvalue weighted by molar-refractivity contribution is 5.70. The monoisotopic (exact) mass is 267 g/mol. The Morgan fingerprint density at radius 2 is 1.65 bits per heavy atom. The van der Waals surface area contributed by atoms with Crippen molar-refractivity contribution in [2.45, 2.75) is 25.4 Å². The molecule has 1 aliphatic rings. The van der Waals surface area contributed by atoms with Crippen LogP contribution in [0.25, 0.3) is 11.1 Å². The van der Waals surface area contributed by atoms with Crippen molar-refractivity contribution in [1.82, 2.24) is 5.32 Å². The second-order valence-corrected chi connectivity index (χ2v) is 5.28. The second-order valence-electron chi connectivity index (χ2n) is 5.28. The first-order valence-electron chi connectivity index (χ1n) is 7.45. The second kappa shape index (κ2) is 6.58. The lowest BCUT2D eigenvalue weighted by Gasteiger charge is -2.19. The first-order chi connectivity index (χ1) is 9.93. The van der Waals surface area contributed by atoms with Gasteiger partial charge in [0.2, 0.25) is 0 Å². The first kappa shape index (κ1) is 13.2. The van der Waals surface area contributed by atoms with Crippen LogP contribution in [0.4, 0.5) is 0 Å². The topological polar surface area (TPSA) is 21.3 Å². The highest BCUT2D eigenvalue weighted by Gasteiger charge is 2.15. The van der Waals surface area contributed by atoms with Crippen LogP contribution in [-0.2, 0) is 0 Å². The summed E-state index contributed by atoms with van der Waals surface area (Å²) in [5, 5.41) is 3.43. The van der Waals surface area contributed by atoms with Gasteiger partial charge in [0, 0.05) is 5.56 Å². The minimum Gasteiger partial charge on any atom is -0.490 e. The molecule has 0 saturated carbocycles. The van der Waals surface area contributed by atoms with Crippen LogP contribution in [0, 0.1) is 0 Å². The molecule has 104 valence electrons. The van der Waals surface area contributed by atoms with Crippen LogP contribution in [0.2, 0.25) is 0 Å². The van der Waals surface area contributed by atoms with Crippen molar-refractivity contribution >= 4 is 0 Å². The van der Waals surface area contributed by atoms with Crippen molar-refractivity contribution in [3.63, 3.8) is 0 Å². The highest BCUT2D eigenvalue weighted by Crippen LogP contribution is 2.31. The molecule has 2 aromatic rings. The Morgan fingerprint density at radius 3 is 2.55 bits per heavy atom. The molecular weight excluding hydrogens is 246 g/mol. The molecular formula is C18H21NO. The number of para-hydroxylation sites is 1. The average molecular weight is 267 g/mol. The summed E-state index contributed by atoms with van der Waals surface area (Å²) < 4.78 is 6.28. The average Bonchev–Trinajstić information content (AvgIpc) is 2.77. The zero-order chi connectivity index (χ0) is 13.6. The lowest BCUT2D eigenvalue weighted by Crippen LogP contribution is -2.19. The number of ether oxygens (including phenoxy) is 1. The summed E-state index contributed by atoms with van der Waals surface area (Å²) in [5.74, 6) is 1.01. The van der Waals surface area contributed by atoms with E-state index in [1.54, 1.807) is 0 Å². The minimum absolute atomic E-state index is 0.329. The number of benzene rings is 2. The molecule has 0 aromatic heterocycles. The van der Waals surface area contributed by atoms with Crippen LogP contribution in [0.1, 0.15) is 19.3 Å². The smallest absolute Gasteiger partial charge is 0.127 e. The van der Waals surface area contributed by atoms with Crippen LogP contribution in [0.15, 0.2) is 54.6 Å². The molecule has 0 bridgehead atoms. The molecule has 2 aromatic carbocycles. The molecule has 1 atom stereocenters. The Bertz CT molecular complexity index is 530. The van der Waals surface area contributed by atoms with E-state index in [2.05, 4.69) is 53.8 Å². The summed E-state index contributed by atoms with van der Waals surface area (Å²) in [6, 6.07) is 18.8. The van der Waals surface area contributed by atoms with E-state index < -0.39 is 0 Å². The number of rotatable bonds is 3. The van der Waals surface area contributed by atoms with Gasteiger partial charge in [0.25, 0.3) is 0 Å². The molecule has 1 heterocycles. The van der Waals surface area contributed by atoms with Gasteiger partial charge in [-0.25, -0.2) is 0 Å². The molecule has 1 unspecified atom stereocenters. The Balaban J connectivity index is 1.82. The fourth-order valence-corrected chi connectivity index (χ4v) is 2.71. The highest BCUT2D eigenvalue weighted by atomic mass is 16.5. The molecule has 1 N–H and O–H groups in total. The van der Waals surface area contributed by atoms with Gasteiger partial charge < -0.3 is 10.1 Å².